The van der Waals surface area contributed by atoms with E-state index < -0.39 is 0 Å². The Morgan fingerprint density at radius 3 is 2.45 bits per heavy atom. The molecule has 1 aliphatic rings. The lowest BCUT2D eigenvalue weighted by Gasteiger charge is -2.27. The highest BCUT2D eigenvalue weighted by atomic mass is 32.1. The van der Waals surface area contributed by atoms with Crippen LogP contribution < -0.4 is 15.0 Å². The number of aryl methyl sites for hydroxylation is 1. The van der Waals surface area contributed by atoms with Crippen molar-refractivity contribution in [2.45, 2.75) is 40.0 Å². The maximum Gasteiger partial charge on any atom is 0.251 e. The number of amides is 1. The smallest absolute Gasteiger partial charge is 0.251 e. The van der Waals surface area contributed by atoms with E-state index in [0.29, 0.717) is 58.8 Å². The van der Waals surface area contributed by atoms with E-state index in [4.69, 9.17) is 9.47 Å². The molecule has 3 aromatic carbocycles. The lowest BCUT2D eigenvalue weighted by Crippen LogP contribution is -2.29. The van der Waals surface area contributed by atoms with Gasteiger partial charge in [0, 0.05) is 43.7 Å². The van der Waals surface area contributed by atoms with Crippen LogP contribution in [0.4, 0.5) is 11.4 Å². The molecule has 1 aromatic heterocycles. The quantitative estimate of drug-likeness (QED) is 0.0963. The molecule has 0 saturated heterocycles. The van der Waals surface area contributed by atoms with Crippen molar-refractivity contribution in [2.75, 3.05) is 43.1 Å². The van der Waals surface area contributed by atoms with Crippen LogP contribution in [0.1, 0.15) is 57.0 Å². The molecule has 0 aliphatic carbocycles. The number of anilines is 2. The number of rotatable bonds is 14. The molecular weight excluding hydrogens is 611 g/mol. The summed E-state index contributed by atoms with van der Waals surface area (Å²) in [5.41, 5.74) is 6.37. The van der Waals surface area contributed by atoms with Gasteiger partial charge in [0.25, 0.3) is 5.91 Å². The molecule has 0 bridgehead atoms. The zero-order chi connectivity index (χ0) is 33.2. The third kappa shape index (κ3) is 8.84. The molecule has 246 valence electrons. The van der Waals surface area contributed by atoms with Crippen molar-refractivity contribution in [1.29, 1.82) is 0 Å². The summed E-state index contributed by atoms with van der Waals surface area (Å²) in [6.07, 6.45) is 6.38. The van der Waals surface area contributed by atoms with Gasteiger partial charge in [0.2, 0.25) is 0 Å². The van der Waals surface area contributed by atoms with Crippen LogP contribution in [0.25, 0.3) is 17.2 Å². The van der Waals surface area contributed by atoms with Gasteiger partial charge in [-0.25, -0.2) is 4.21 Å². The van der Waals surface area contributed by atoms with Gasteiger partial charge in [-0.15, -0.1) is 10.2 Å². The molecule has 2 heterocycles. The summed E-state index contributed by atoms with van der Waals surface area (Å²) in [6, 6.07) is 21.8. The summed E-state index contributed by atoms with van der Waals surface area (Å²) in [7, 11) is 1.79. The maximum atomic E-state index is 13.6. The molecule has 47 heavy (non-hydrogen) atoms. The Morgan fingerprint density at radius 2 is 1.77 bits per heavy atom. The molecule has 10 heteroatoms. The van der Waals surface area contributed by atoms with E-state index in [-0.39, 0.29) is 5.91 Å². The first-order valence-electron chi connectivity index (χ1n) is 16.2. The van der Waals surface area contributed by atoms with Crippen LogP contribution in [0.5, 0.6) is 5.75 Å². The van der Waals surface area contributed by atoms with Crippen molar-refractivity contribution in [3.05, 3.63) is 95.6 Å². The van der Waals surface area contributed by atoms with E-state index in [9.17, 15) is 9.00 Å². The lowest BCUT2D eigenvalue weighted by molar-refractivity contribution is -0.112. The van der Waals surface area contributed by atoms with Gasteiger partial charge in [0.15, 0.2) is 5.82 Å². The van der Waals surface area contributed by atoms with E-state index in [2.05, 4.69) is 71.5 Å². The molecule has 0 unspecified atom stereocenters. The first-order chi connectivity index (χ1) is 22.9. The fourth-order valence-electron chi connectivity index (χ4n) is 5.51. The van der Waals surface area contributed by atoms with E-state index in [1.807, 2.05) is 30.3 Å². The number of nitrogens with one attached hydrogen (secondary N) is 1. The maximum absolute atomic E-state index is 13.6. The topological polar surface area (TPSA) is 98.6 Å². The molecule has 9 nitrogen and oxygen atoms in total. The van der Waals surface area contributed by atoms with Crippen molar-refractivity contribution in [2.24, 2.45) is 13.0 Å². The number of carbonyl (C=O) groups excluding carboxylic acids is 1. The second kappa shape index (κ2) is 16.3. The zero-order valence-electron chi connectivity index (χ0n) is 27.6. The number of hydrogen-bond donors (Lipinski definition) is 1. The summed E-state index contributed by atoms with van der Waals surface area (Å²) < 4.78 is 25.1. The zero-order valence-corrected chi connectivity index (χ0v) is 28.4. The first kappa shape index (κ1) is 33.8. The van der Waals surface area contributed by atoms with Gasteiger partial charge >= 0.3 is 0 Å². The summed E-state index contributed by atoms with van der Waals surface area (Å²) in [5, 5.41) is 11.0. The molecule has 0 saturated carbocycles. The summed E-state index contributed by atoms with van der Waals surface area (Å²) >= 11 is 0.375. The number of benzene rings is 3. The van der Waals surface area contributed by atoms with Crippen LogP contribution >= 0.6 is 0 Å². The Hall–Kier alpha value is -4.54. The van der Waals surface area contributed by atoms with Crippen molar-refractivity contribution >= 4 is 39.5 Å². The fourth-order valence-corrected chi connectivity index (χ4v) is 6.00. The SMILES string of the molecule is CCCCOCCOc1ccc(-c2ccc3c(c2)C=C(C(=O)Nc2ccc(C(=S=O)c4nncn4C)cc2)CCN3CC(C)C)cc1. The Labute approximate surface area is 280 Å². The fraction of sp³-hybridized carbons (Fsp3) is 0.351. The largest absolute Gasteiger partial charge is 0.491 e. The summed E-state index contributed by atoms with van der Waals surface area (Å²) in [6.45, 7) is 10.1. The van der Waals surface area contributed by atoms with E-state index >= 15 is 0 Å². The van der Waals surface area contributed by atoms with Crippen LogP contribution in [0.3, 0.4) is 0 Å². The standard InChI is InChI=1S/C37H43N5O4S/c1-5-6-19-45-20-21-46-33-14-9-27(10-15-33)29-11-16-34-31(22-29)23-30(17-18-42(34)24-26(2)3)37(43)39-32-12-7-28(8-13-32)35(47-44)36-40-38-25-41(36)4/h7-16,22-23,25-26H,5-6,17-21,24H2,1-4H3,(H,39,43). The number of hydrogen-bond acceptors (Lipinski definition) is 7. The van der Waals surface area contributed by atoms with E-state index in [0.717, 1.165) is 66.2 Å². The second-order valence-electron chi connectivity index (χ2n) is 12.1. The van der Waals surface area contributed by atoms with Crippen LogP contribution in [0, 0.1) is 5.92 Å². The van der Waals surface area contributed by atoms with E-state index in [1.165, 1.54) is 0 Å². The minimum atomic E-state index is -0.142. The van der Waals surface area contributed by atoms with Gasteiger partial charge in [0.05, 0.1) is 6.61 Å². The minimum Gasteiger partial charge on any atom is -0.491 e. The Balaban J connectivity index is 1.32. The number of unbranched alkanes of at least 4 members (excludes halogenated alkanes) is 1. The molecule has 0 fully saturated rings. The summed E-state index contributed by atoms with van der Waals surface area (Å²) in [5.74, 6) is 1.64. The highest BCUT2D eigenvalue weighted by Crippen LogP contribution is 2.34. The van der Waals surface area contributed by atoms with Gasteiger partial charge in [-0.05, 0) is 83.5 Å². The van der Waals surface area contributed by atoms with Crippen LogP contribution in [0.15, 0.2) is 78.6 Å². The van der Waals surface area contributed by atoms with Crippen molar-refractivity contribution in [1.82, 2.24) is 14.8 Å². The second-order valence-corrected chi connectivity index (χ2v) is 12.7. The molecule has 1 amide bonds. The van der Waals surface area contributed by atoms with Crippen LogP contribution in [-0.4, -0.2) is 62.7 Å². The monoisotopic (exact) mass is 653 g/mol. The molecule has 0 spiro atoms. The van der Waals surface area contributed by atoms with Crippen molar-refractivity contribution in [3.63, 3.8) is 0 Å². The number of aromatic nitrogens is 3. The first-order valence-corrected chi connectivity index (χ1v) is 16.9. The number of nitrogens with zero attached hydrogens (tertiary/aromatic N) is 4. The highest BCUT2D eigenvalue weighted by molar-refractivity contribution is 7.67. The molecule has 0 radical (unpaired) electrons. The Kier molecular flexibility index (Phi) is 11.8. The number of carbonyl (C=O) groups is 1. The van der Waals surface area contributed by atoms with E-state index in [1.54, 1.807) is 30.1 Å². The normalized spacial score (nSPS) is 12.7. The molecule has 4 aromatic rings. The lowest BCUT2D eigenvalue weighted by atomic mass is 10.00. The number of ether oxygens (including phenoxy) is 2. The van der Waals surface area contributed by atoms with Gasteiger partial charge in [-0.3, -0.25) is 4.79 Å². The third-order valence-corrected chi connectivity index (χ3v) is 8.54. The highest BCUT2D eigenvalue weighted by Gasteiger charge is 2.21. The van der Waals surface area contributed by atoms with Crippen molar-refractivity contribution in [3.8, 4) is 16.9 Å². The van der Waals surface area contributed by atoms with Crippen LogP contribution in [-0.2, 0) is 27.8 Å². The molecule has 0 atom stereocenters. The van der Waals surface area contributed by atoms with Gasteiger partial charge in [-0.2, -0.15) is 0 Å². The Bertz CT molecular complexity index is 1740. The average molecular weight is 654 g/mol. The number of fused-ring (bicyclic) bond motifs is 1. The molecule has 1 N–H and O–H groups in total. The predicted molar refractivity (Wildman–Crippen MR) is 190 cm³/mol. The summed E-state index contributed by atoms with van der Waals surface area (Å²) in [4.78, 5) is 16.5. The van der Waals surface area contributed by atoms with Gasteiger partial charge < -0.3 is 24.3 Å². The van der Waals surface area contributed by atoms with Crippen molar-refractivity contribution < 1.29 is 18.5 Å². The molecule has 5 rings (SSSR count). The third-order valence-electron chi connectivity index (χ3n) is 7.96. The van der Waals surface area contributed by atoms with Gasteiger partial charge in [-0.1, -0.05) is 57.5 Å². The average Bonchev–Trinajstić information content (AvgIpc) is 3.41. The molecule has 1 aliphatic heterocycles. The predicted octanol–water partition coefficient (Wildman–Crippen LogP) is 6.35. The molecular formula is C37H43N5O4S. The Morgan fingerprint density at radius 1 is 1.00 bits per heavy atom. The minimum absolute atomic E-state index is 0.142. The van der Waals surface area contributed by atoms with Crippen LogP contribution in [0.2, 0.25) is 0 Å². The van der Waals surface area contributed by atoms with Gasteiger partial charge in [0.1, 0.15) is 34.8 Å².